The van der Waals surface area contributed by atoms with Crippen molar-refractivity contribution in [1.82, 2.24) is 0 Å². The summed E-state index contributed by atoms with van der Waals surface area (Å²) in [5, 5.41) is 19.9. The Morgan fingerprint density at radius 3 is 1.77 bits per heavy atom. The van der Waals surface area contributed by atoms with Gasteiger partial charge >= 0.3 is 0 Å². The molecule has 0 spiro atoms. The monoisotopic (exact) mass is 296 g/mol. The van der Waals surface area contributed by atoms with Gasteiger partial charge in [0.05, 0.1) is 0 Å². The first-order valence-corrected chi connectivity index (χ1v) is 8.20. The van der Waals surface area contributed by atoms with Crippen LogP contribution in [-0.4, -0.2) is 10.2 Å². The Hall–Kier alpha value is -1.96. The highest BCUT2D eigenvalue weighted by molar-refractivity contribution is 5.44. The second-order valence-corrected chi connectivity index (χ2v) is 6.64. The molecule has 2 aromatic rings. The van der Waals surface area contributed by atoms with Crippen LogP contribution >= 0.6 is 0 Å². The van der Waals surface area contributed by atoms with E-state index in [0.29, 0.717) is 17.4 Å². The second-order valence-electron chi connectivity index (χ2n) is 6.64. The molecule has 3 rings (SSSR count). The summed E-state index contributed by atoms with van der Waals surface area (Å²) in [6.07, 6.45) is 6.23. The molecule has 0 bridgehead atoms. The molecule has 2 N–H and O–H groups in total. The maximum absolute atomic E-state index is 9.93. The lowest BCUT2D eigenvalue weighted by molar-refractivity contribution is 0.253. The van der Waals surface area contributed by atoms with Crippen LogP contribution in [0.15, 0.2) is 48.5 Å². The van der Waals surface area contributed by atoms with Crippen molar-refractivity contribution >= 4 is 0 Å². The molecule has 0 radical (unpaired) electrons. The summed E-state index contributed by atoms with van der Waals surface area (Å²) in [5.41, 5.74) is 2.08. The van der Waals surface area contributed by atoms with Crippen LogP contribution in [0.5, 0.6) is 11.5 Å². The predicted octanol–water partition coefficient (Wildman–Crippen LogP) is 4.98. The largest absolute Gasteiger partial charge is 0.508 e. The zero-order valence-electron chi connectivity index (χ0n) is 13.1. The Balaban J connectivity index is 2.12. The molecule has 2 aromatic carbocycles. The van der Waals surface area contributed by atoms with Gasteiger partial charge in [-0.3, -0.25) is 0 Å². The third-order valence-electron chi connectivity index (χ3n) is 5.31. The zero-order chi connectivity index (χ0) is 15.6. The Morgan fingerprint density at radius 2 is 1.32 bits per heavy atom. The third kappa shape index (κ3) is 2.70. The molecule has 2 nitrogen and oxygen atoms in total. The van der Waals surface area contributed by atoms with Gasteiger partial charge in [0.15, 0.2) is 0 Å². The zero-order valence-corrected chi connectivity index (χ0v) is 13.1. The lowest BCUT2D eigenvalue weighted by Gasteiger charge is -2.41. The summed E-state index contributed by atoms with van der Waals surface area (Å²) in [7, 11) is 0. The van der Waals surface area contributed by atoms with Gasteiger partial charge in [-0.25, -0.2) is 0 Å². The molecule has 0 aliphatic heterocycles. The predicted molar refractivity (Wildman–Crippen MR) is 89.2 cm³/mol. The molecule has 0 amide bonds. The molecule has 1 aliphatic rings. The molecule has 1 fully saturated rings. The minimum Gasteiger partial charge on any atom is -0.508 e. The highest BCUT2D eigenvalue weighted by Gasteiger charge is 2.38. The average Bonchev–Trinajstić information content (AvgIpc) is 2.55. The van der Waals surface area contributed by atoms with E-state index < -0.39 is 0 Å². The lowest BCUT2D eigenvalue weighted by Crippen LogP contribution is -2.34. The van der Waals surface area contributed by atoms with E-state index in [1.165, 1.54) is 32.1 Å². The molecule has 0 heterocycles. The van der Waals surface area contributed by atoms with Gasteiger partial charge < -0.3 is 10.2 Å². The third-order valence-corrected chi connectivity index (χ3v) is 5.31. The van der Waals surface area contributed by atoms with Crippen LogP contribution in [0.25, 0.3) is 0 Å². The summed E-state index contributed by atoms with van der Waals surface area (Å²) in [4.78, 5) is 0. The number of benzene rings is 2. The van der Waals surface area contributed by atoms with Crippen LogP contribution < -0.4 is 0 Å². The van der Waals surface area contributed by atoms with E-state index in [0.717, 1.165) is 11.1 Å². The summed E-state index contributed by atoms with van der Waals surface area (Å²) in [6, 6.07) is 15.2. The van der Waals surface area contributed by atoms with Crippen molar-refractivity contribution in [3.05, 3.63) is 59.7 Å². The highest BCUT2D eigenvalue weighted by Crippen LogP contribution is 2.46. The minimum atomic E-state index is -0.183. The fourth-order valence-electron chi connectivity index (χ4n) is 3.98. The van der Waals surface area contributed by atoms with Gasteiger partial charge in [0.2, 0.25) is 0 Å². The van der Waals surface area contributed by atoms with E-state index in [4.69, 9.17) is 0 Å². The van der Waals surface area contributed by atoms with Gasteiger partial charge in [0.1, 0.15) is 11.5 Å². The van der Waals surface area contributed by atoms with Gasteiger partial charge in [0.25, 0.3) is 0 Å². The minimum absolute atomic E-state index is 0.183. The van der Waals surface area contributed by atoms with Crippen LogP contribution in [0, 0.1) is 5.92 Å². The first-order valence-electron chi connectivity index (χ1n) is 8.20. The Labute approximate surface area is 132 Å². The Bertz CT molecular complexity index is 596. The number of phenolic OH excluding ortho intramolecular Hbond substituents is 2. The lowest BCUT2D eigenvalue weighted by atomic mass is 9.63. The maximum Gasteiger partial charge on any atom is 0.115 e. The molecule has 0 aromatic heterocycles. The molecular weight excluding hydrogens is 272 g/mol. The fraction of sp³-hybridized carbons (Fsp3) is 0.400. The van der Waals surface area contributed by atoms with Crippen molar-refractivity contribution < 1.29 is 10.2 Å². The van der Waals surface area contributed by atoms with E-state index in [9.17, 15) is 10.2 Å². The molecule has 0 atom stereocenters. The molecule has 0 unspecified atom stereocenters. The normalized spacial score (nSPS) is 16.6. The smallest absolute Gasteiger partial charge is 0.115 e. The van der Waals surface area contributed by atoms with Crippen LogP contribution in [-0.2, 0) is 5.41 Å². The molecule has 22 heavy (non-hydrogen) atoms. The number of hydrogen-bond donors (Lipinski definition) is 2. The molecule has 116 valence electrons. The SMILES string of the molecule is CC(c1cccc(O)c1)(c1cccc(O)c1)C1CCCCC1. The van der Waals surface area contributed by atoms with Crippen molar-refractivity contribution in [2.24, 2.45) is 5.92 Å². The maximum atomic E-state index is 9.93. The molecule has 1 saturated carbocycles. The molecular formula is C20H24O2. The second kappa shape index (κ2) is 6.04. The number of aromatic hydroxyl groups is 2. The summed E-state index contributed by atoms with van der Waals surface area (Å²) in [6.45, 7) is 2.26. The van der Waals surface area contributed by atoms with E-state index >= 15 is 0 Å². The Kier molecular flexibility index (Phi) is 4.10. The summed E-state index contributed by atoms with van der Waals surface area (Å²) in [5.74, 6) is 1.14. The molecule has 0 saturated heterocycles. The van der Waals surface area contributed by atoms with Crippen LogP contribution in [0.2, 0.25) is 0 Å². The standard InChI is InChI=1S/C20H24O2/c1-20(15-7-3-2-4-8-15,16-9-5-11-18(21)13-16)17-10-6-12-19(22)14-17/h5-6,9-15,21-22H,2-4,7-8H2,1H3. The fourth-order valence-corrected chi connectivity index (χ4v) is 3.98. The van der Waals surface area contributed by atoms with Crippen LogP contribution in [0.1, 0.15) is 50.2 Å². The number of hydrogen-bond acceptors (Lipinski definition) is 2. The van der Waals surface area contributed by atoms with Crippen molar-refractivity contribution in [3.63, 3.8) is 0 Å². The van der Waals surface area contributed by atoms with E-state index in [1.54, 1.807) is 12.1 Å². The Morgan fingerprint density at radius 1 is 0.818 bits per heavy atom. The first-order chi connectivity index (χ1) is 10.6. The van der Waals surface area contributed by atoms with Crippen molar-refractivity contribution in [1.29, 1.82) is 0 Å². The first kappa shape index (κ1) is 15.0. The van der Waals surface area contributed by atoms with Gasteiger partial charge in [-0.15, -0.1) is 0 Å². The van der Waals surface area contributed by atoms with Crippen LogP contribution in [0.3, 0.4) is 0 Å². The summed E-state index contributed by atoms with van der Waals surface area (Å²) >= 11 is 0. The van der Waals surface area contributed by atoms with Crippen molar-refractivity contribution in [2.45, 2.75) is 44.4 Å². The summed E-state index contributed by atoms with van der Waals surface area (Å²) < 4.78 is 0. The molecule has 2 heteroatoms. The average molecular weight is 296 g/mol. The van der Waals surface area contributed by atoms with E-state index in [-0.39, 0.29) is 5.41 Å². The number of rotatable bonds is 3. The van der Waals surface area contributed by atoms with Crippen molar-refractivity contribution in [2.75, 3.05) is 0 Å². The molecule has 1 aliphatic carbocycles. The van der Waals surface area contributed by atoms with Gasteiger partial charge in [-0.05, 0) is 54.2 Å². The van der Waals surface area contributed by atoms with Gasteiger partial charge in [0, 0.05) is 5.41 Å². The van der Waals surface area contributed by atoms with Crippen molar-refractivity contribution in [3.8, 4) is 11.5 Å². The van der Waals surface area contributed by atoms with E-state index in [2.05, 4.69) is 19.1 Å². The topological polar surface area (TPSA) is 40.5 Å². The van der Waals surface area contributed by atoms with Gasteiger partial charge in [-0.1, -0.05) is 50.5 Å². The van der Waals surface area contributed by atoms with Crippen LogP contribution in [0.4, 0.5) is 0 Å². The highest BCUT2D eigenvalue weighted by atomic mass is 16.3. The quantitative estimate of drug-likeness (QED) is 0.838. The van der Waals surface area contributed by atoms with E-state index in [1.807, 2.05) is 24.3 Å². The van der Waals surface area contributed by atoms with Gasteiger partial charge in [-0.2, -0.15) is 0 Å². The number of phenols is 2.